The summed E-state index contributed by atoms with van der Waals surface area (Å²) in [5, 5.41) is 4.38. The molecule has 0 saturated heterocycles. The molecular weight excluding hydrogens is 364 g/mol. The van der Waals surface area contributed by atoms with Crippen LogP contribution in [0.1, 0.15) is 16.7 Å². The van der Waals surface area contributed by atoms with Gasteiger partial charge in [0.05, 0.1) is 5.52 Å². The summed E-state index contributed by atoms with van der Waals surface area (Å²) in [7, 11) is 0. The normalized spacial score (nSPS) is 10.8. The molecule has 0 saturated carbocycles. The zero-order chi connectivity index (χ0) is 19.4. The molecule has 140 valence electrons. The summed E-state index contributed by atoms with van der Waals surface area (Å²) in [4.78, 5) is 27.1. The maximum atomic E-state index is 12.3. The first kappa shape index (κ1) is 19.0. The lowest BCUT2D eigenvalue weighted by Crippen LogP contribution is -2.31. The van der Waals surface area contributed by atoms with E-state index in [1.807, 2.05) is 32.0 Å². The van der Waals surface area contributed by atoms with Crippen LogP contribution in [-0.2, 0) is 11.2 Å². The Bertz CT molecular complexity index is 1030. The average Bonchev–Trinajstić information content (AvgIpc) is 2.62. The van der Waals surface area contributed by atoms with Crippen LogP contribution in [0.25, 0.3) is 10.9 Å². The number of rotatable bonds is 6. The highest BCUT2D eigenvalue weighted by molar-refractivity contribution is 6.30. The Hall–Kier alpha value is -2.79. The lowest BCUT2D eigenvalue weighted by Gasteiger charge is -2.09. The van der Waals surface area contributed by atoms with E-state index in [9.17, 15) is 9.59 Å². The number of amides is 1. The van der Waals surface area contributed by atoms with E-state index in [0.717, 1.165) is 22.0 Å². The monoisotopic (exact) mass is 384 g/mol. The largest absolute Gasteiger partial charge is 0.484 e. The Labute approximate surface area is 162 Å². The molecule has 0 bridgehead atoms. The van der Waals surface area contributed by atoms with Crippen molar-refractivity contribution in [3.63, 3.8) is 0 Å². The number of hydrogen-bond donors (Lipinski definition) is 2. The number of benzene rings is 2. The minimum Gasteiger partial charge on any atom is -0.484 e. The molecule has 5 nitrogen and oxygen atoms in total. The Morgan fingerprint density at radius 1 is 1.15 bits per heavy atom. The SMILES string of the molecule is Cc1cc(C)c2[nH]c(=O)c(CCNC(=O)COc3ccc(Cl)cc3)cc2c1. The summed E-state index contributed by atoms with van der Waals surface area (Å²) in [6, 6.07) is 12.8. The molecule has 0 atom stereocenters. The highest BCUT2D eigenvalue weighted by Crippen LogP contribution is 2.18. The third-order valence-electron chi connectivity index (χ3n) is 4.27. The zero-order valence-electron chi connectivity index (χ0n) is 15.3. The van der Waals surface area contributed by atoms with Gasteiger partial charge in [-0.15, -0.1) is 0 Å². The number of carbonyl (C=O) groups is 1. The van der Waals surface area contributed by atoms with Gasteiger partial charge in [-0.1, -0.05) is 23.2 Å². The number of pyridine rings is 1. The van der Waals surface area contributed by atoms with Gasteiger partial charge < -0.3 is 15.0 Å². The summed E-state index contributed by atoms with van der Waals surface area (Å²) in [6.07, 6.45) is 0.449. The molecule has 6 heteroatoms. The fourth-order valence-corrected chi connectivity index (χ4v) is 3.11. The second kappa shape index (κ2) is 8.27. The minimum absolute atomic E-state index is 0.0892. The number of hydrogen-bond acceptors (Lipinski definition) is 3. The van der Waals surface area contributed by atoms with Gasteiger partial charge in [-0.3, -0.25) is 9.59 Å². The van der Waals surface area contributed by atoms with Gasteiger partial charge in [-0.2, -0.15) is 0 Å². The molecule has 0 aliphatic carbocycles. The van der Waals surface area contributed by atoms with Gasteiger partial charge in [0, 0.05) is 17.1 Å². The van der Waals surface area contributed by atoms with Gasteiger partial charge in [0.25, 0.3) is 11.5 Å². The van der Waals surface area contributed by atoms with Crippen molar-refractivity contribution in [1.82, 2.24) is 10.3 Å². The fourth-order valence-electron chi connectivity index (χ4n) is 2.99. The van der Waals surface area contributed by atoms with Crippen molar-refractivity contribution in [3.8, 4) is 5.75 Å². The molecule has 3 aromatic rings. The second-order valence-corrected chi connectivity index (χ2v) is 6.95. The number of nitrogens with one attached hydrogen (secondary N) is 2. The summed E-state index contributed by atoms with van der Waals surface area (Å²) in [6.45, 7) is 4.28. The Morgan fingerprint density at radius 2 is 1.89 bits per heavy atom. The van der Waals surface area contributed by atoms with Crippen molar-refractivity contribution < 1.29 is 9.53 Å². The van der Waals surface area contributed by atoms with Crippen molar-refractivity contribution in [1.29, 1.82) is 0 Å². The van der Waals surface area contributed by atoms with Crippen LogP contribution in [0.3, 0.4) is 0 Å². The number of ether oxygens (including phenoxy) is 1. The van der Waals surface area contributed by atoms with E-state index in [0.29, 0.717) is 29.3 Å². The Kier molecular flexibility index (Phi) is 5.81. The number of aromatic amines is 1. The molecule has 2 aromatic carbocycles. The van der Waals surface area contributed by atoms with Crippen LogP contribution in [0.15, 0.2) is 47.3 Å². The number of fused-ring (bicyclic) bond motifs is 1. The van der Waals surface area contributed by atoms with E-state index in [4.69, 9.17) is 16.3 Å². The van der Waals surface area contributed by atoms with Gasteiger partial charge in [0.15, 0.2) is 6.61 Å². The number of carbonyl (C=O) groups excluding carboxylic acids is 1. The number of halogens is 1. The third-order valence-corrected chi connectivity index (χ3v) is 4.52. The summed E-state index contributed by atoms with van der Waals surface area (Å²) < 4.78 is 5.39. The first-order valence-corrected chi connectivity index (χ1v) is 9.08. The highest BCUT2D eigenvalue weighted by atomic mass is 35.5. The number of aromatic nitrogens is 1. The predicted molar refractivity (Wildman–Crippen MR) is 108 cm³/mol. The van der Waals surface area contributed by atoms with Crippen molar-refractivity contribution in [2.24, 2.45) is 0 Å². The first-order valence-electron chi connectivity index (χ1n) is 8.70. The van der Waals surface area contributed by atoms with Crippen molar-refractivity contribution in [3.05, 3.63) is 74.5 Å². The van der Waals surface area contributed by atoms with Crippen molar-refractivity contribution in [2.75, 3.05) is 13.2 Å². The van der Waals surface area contributed by atoms with E-state index < -0.39 is 0 Å². The maximum Gasteiger partial charge on any atom is 0.257 e. The lowest BCUT2D eigenvalue weighted by molar-refractivity contribution is -0.123. The molecule has 0 fully saturated rings. The summed E-state index contributed by atoms with van der Waals surface area (Å²) in [5.74, 6) is 0.333. The molecule has 0 aliphatic rings. The molecule has 2 N–H and O–H groups in total. The van der Waals surface area contributed by atoms with E-state index >= 15 is 0 Å². The van der Waals surface area contributed by atoms with E-state index in [1.165, 1.54) is 0 Å². The molecule has 27 heavy (non-hydrogen) atoms. The molecule has 1 heterocycles. The highest BCUT2D eigenvalue weighted by Gasteiger charge is 2.07. The number of H-pyrrole nitrogens is 1. The second-order valence-electron chi connectivity index (χ2n) is 6.51. The van der Waals surface area contributed by atoms with Crippen molar-refractivity contribution >= 4 is 28.4 Å². The quantitative estimate of drug-likeness (QED) is 0.682. The molecule has 0 unspecified atom stereocenters. The van der Waals surface area contributed by atoms with Crippen LogP contribution in [0, 0.1) is 13.8 Å². The molecule has 1 aromatic heterocycles. The van der Waals surface area contributed by atoms with Crippen LogP contribution in [0.5, 0.6) is 5.75 Å². The van der Waals surface area contributed by atoms with Gasteiger partial charge in [-0.25, -0.2) is 0 Å². The van der Waals surface area contributed by atoms with Crippen LogP contribution in [0.2, 0.25) is 5.02 Å². The molecule has 1 amide bonds. The maximum absolute atomic E-state index is 12.3. The molecule has 0 radical (unpaired) electrons. The van der Waals surface area contributed by atoms with Crippen LogP contribution in [-0.4, -0.2) is 24.0 Å². The van der Waals surface area contributed by atoms with Gasteiger partial charge in [0.2, 0.25) is 0 Å². The lowest BCUT2D eigenvalue weighted by atomic mass is 10.0. The van der Waals surface area contributed by atoms with Crippen LogP contribution < -0.4 is 15.6 Å². The Balaban J connectivity index is 1.56. The smallest absolute Gasteiger partial charge is 0.257 e. The van der Waals surface area contributed by atoms with E-state index in [1.54, 1.807) is 24.3 Å². The van der Waals surface area contributed by atoms with Gasteiger partial charge in [0.1, 0.15) is 5.75 Å². The van der Waals surface area contributed by atoms with Gasteiger partial charge >= 0.3 is 0 Å². The minimum atomic E-state index is -0.242. The average molecular weight is 385 g/mol. The number of aryl methyl sites for hydroxylation is 2. The van der Waals surface area contributed by atoms with E-state index in [-0.39, 0.29) is 18.1 Å². The summed E-state index contributed by atoms with van der Waals surface area (Å²) >= 11 is 5.80. The predicted octanol–water partition coefficient (Wildman–Crippen LogP) is 3.54. The first-order chi connectivity index (χ1) is 12.9. The third kappa shape index (κ3) is 4.89. The van der Waals surface area contributed by atoms with Crippen molar-refractivity contribution in [2.45, 2.75) is 20.3 Å². The standard InChI is InChI=1S/C21H21ClN2O3/c1-13-9-14(2)20-16(10-13)11-15(21(26)24-20)7-8-23-19(25)12-27-18-5-3-17(22)4-6-18/h3-6,9-11H,7-8,12H2,1-2H3,(H,23,25)(H,24,26). The zero-order valence-corrected chi connectivity index (χ0v) is 16.0. The topological polar surface area (TPSA) is 71.2 Å². The van der Waals surface area contributed by atoms with Gasteiger partial charge in [-0.05, 0) is 67.6 Å². The summed E-state index contributed by atoms with van der Waals surface area (Å²) in [5.41, 5.74) is 3.56. The fraction of sp³-hybridized carbons (Fsp3) is 0.238. The molecular formula is C21H21ClN2O3. The molecule has 0 spiro atoms. The molecule has 3 rings (SSSR count). The Morgan fingerprint density at radius 3 is 2.63 bits per heavy atom. The van der Waals surface area contributed by atoms with Crippen LogP contribution >= 0.6 is 11.6 Å². The molecule has 0 aliphatic heterocycles. The van der Waals surface area contributed by atoms with E-state index in [2.05, 4.69) is 10.3 Å². The van der Waals surface area contributed by atoms with Crippen LogP contribution in [0.4, 0.5) is 0 Å².